The van der Waals surface area contributed by atoms with Crippen LogP contribution in [0.2, 0.25) is 0 Å². The summed E-state index contributed by atoms with van der Waals surface area (Å²) in [7, 11) is 0. The van der Waals surface area contributed by atoms with Gasteiger partial charge in [-0.3, -0.25) is 0 Å². The molecule has 0 aromatic heterocycles. The van der Waals surface area contributed by atoms with E-state index in [0.717, 1.165) is 18.9 Å². The van der Waals surface area contributed by atoms with Crippen molar-refractivity contribution in [3.05, 3.63) is 0 Å². The number of nitrogens with one attached hydrogen (secondary N) is 1. The molecule has 15 heavy (non-hydrogen) atoms. The first-order valence-corrected chi connectivity index (χ1v) is 6.44. The Labute approximate surface area is 94.8 Å². The van der Waals surface area contributed by atoms with Gasteiger partial charge in [0.05, 0.1) is 11.7 Å². The van der Waals surface area contributed by atoms with Gasteiger partial charge in [-0.1, -0.05) is 27.2 Å². The molecule has 1 heterocycles. The van der Waals surface area contributed by atoms with Crippen LogP contribution < -0.4 is 5.32 Å². The monoisotopic (exact) mass is 213 g/mol. The molecule has 0 bridgehead atoms. The first-order chi connectivity index (χ1) is 7.03. The standard InChI is InChI=1S/C13H27NO/c1-6-10(3)8-13(7-2)9-14-11(4)12(5)15-13/h10-12,14H,6-9H2,1-5H3. The highest BCUT2D eigenvalue weighted by molar-refractivity contribution is 4.91. The number of morpholine rings is 1. The highest BCUT2D eigenvalue weighted by Crippen LogP contribution is 2.30. The Morgan fingerprint density at radius 2 is 2.07 bits per heavy atom. The van der Waals surface area contributed by atoms with Gasteiger partial charge in [-0.15, -0.1) is 0 Å². The van der Waals surface area contributed by atoms with Crippen molar-refractivity contribution in [2.45, 2.75) is 71.6 Å². The van der Waals surface area contributed by atoms with Gasteiger partial charge in [0, 0.05) is 12.6 Å². The summed E-state index contributed by atoms with van der Waals surface area (Å²) in [5, 5.41) is 3.58. The predicted octanol–water partition coefficient (Wildman–Crippen LogP) is 2.97. The molecule has 1 fully saturated rings. The fraction of sp³-hybridized carbons (Fsp3) is 1.00. The van der Waals surface area contributed by atoms with E-state index in [2.05, 4.69) is 39.9 Å². The second-order valence-corrected chi connectivity index (χ2v) is 5.25. The van der Waals surface area contributed by atoms with E-state index in [1.54, 1.807) is 0 Å². The zero-order valence-corrected chi connectivity index (χ0v) is 11.0. The van der Waals surface area contributed by atoms with Crippen LogP contribution in [0.25, 0.3) is 0 Å². The lowest BCUT2D eigenvalue weighted by Crippen LogP contribution is -2.57. The summed E-state index contributed by atoms with van der Waals surface area (Å²) in [6, 6.07) is 0.488. The molecular formula is C13H27NO. The summed E-state index contributed by atoms with van der Waals surface area (Å²) in [5.41, 5.74) is 0.0847. The fourth-order valence-electron chi connectivity index (χ4n) is 2.30. The van der Waals surface area contributed by atoms with Gasteiger partial charge in [-0.2, -0.15) is 0 Å². The van der Waals surface area contributed by atoms with Crippen LogP contribution in [0.5, 0.6) is 0 Å². The Balaban J connectivity index is 2.60. The van der Waals surface area contributed by atoms with Crippen LogP contribution in [-0.4, -0.2) is 24.3 Å². The van der Waals surface area contributed by atoms with Gasteiger partial charge in [0.1, 0.15) is 0 Å². The number of hydrogen-bond acceptors (Lipinski definition) is 2. The van der Waals surface area contributed by atoms with Crippen molar-refractivity contribution in [2.75, 3.05) is 6.54 Å². The maximum Gasteiger partial charge on any atom is 0.0810 e. The van der Waals surface area contributed by atoms with Crippen molar-refractivity contribution in [1.82, 2.24) is 5.32 Å². The van der Waals surface area contributed by atoms with E-state index >= 15 is 0 Å². The summed E-state index contributed by atoms with van der Waals surface area (Å²) in [6.07, 6.45) is 3.88. The second-order valence-electron chi connectivity index (χ2n) is 5.25. The molecule has 4 atom stereocenters. The summed E-state index contributed by atoms with van der Waals surface area (Å²) < 4.78 is 6.25. The number of rotatable bonds is 4. The summed E-state index contributed by atoms with van der Waals surface area (Å²) in [4.78, 5) is 0. The summed E-state index contributed by atoms with van der Waals surface area (Å²) >= 11 is 0. The van der Waals surface area contributed by atoms with Crippen molar-refractivity contribution >= 4 is 0 Å². The van der Waals surface area contributed by atoms with E-state index in [4.69, 9.17) is 4.74 Å². The van der Waals surface area contributed by atoms with Crippen molar-refractivity contribution in [3.63, 3.8) is 0 Å². The van der Waals surface area contributed by atoms with E-state index in [0.29, 0.717) is 12.1 Å². The van der Waals surface area contributed by atoms with Gasteiger partial charge in [0.2, 0.25) is 0 Å². The Morgan fingerprint density at radius 3 is 2.53 bits per heavy atom. The molecule has 0 saturated carbocycles. The average Bonchev–Trinajstić information content (AvgIpc) is 2.23. The molecule has 0 amide bonds. The van der Waals surface area contributed by atoms with E-state index in [1.165, 1.54) is 12.8 Å². The topological polar surface area (TPSA) is 21.3 Å². The molecule has 0 radical (unpaired) electrons. The molecule has 0 aromatic rings. The molecule has 90 valence electrons. The van der Waals surface area contributed by atoms with Crippen molar-refractivity contribution in [3.8, 4) is 0 Å². The lowest BCUT2D eigenvalue weighted by molar-refractivity contribution is -0.137. The largest absolute Gasteiger partial charge is 0.369 e. The molecule has 1 rings (SSSR count). The van der Waals surface area contributed by atoms with Crippen LogP contribution in [-0.2, 0) is 4.74 Å². The Kier molecular flexibility index (Phi) is 4.60. The lowest BCUT2D eigenvalue weighted by atomic mass is 9.85. The van der Waals surface area contributed by atoms with Gasteiger partial charge in [-0.25, -0.2) is 0 Å². The molecule has 1 aliphatic rings. The third-order valence-electron chi connectivity index (χ3n) is 3.95. The second kappa shape index (κ2) is 5.31. The molecule has 0 aliphatic carbocycles. The highest BCUT2D eigenvalue weighted by Gasteiger charge is 2.37. The Hall–Kier alpha value is -0.0800. The molecule has 4 unspecified atom stereocenters. The minimum atomic E-state index is 0.0847. The van der Waals surface area contributed by atoms with Gasteiger partial charge in [0.25, 0.3) is 0 Å². The average molecular weight is 213 g/mol. The van der Waals surface area contributed by atoms with Crippen molar-refractivity contribution < 1.29 is 4.74 Å². The van der Waals surface area contributed by atoms with Crippen LogP contribution in [0.4, 0.5) is 0 Å². The van der Waals surface area contributed by atoms with Crippen LogP contribution in [0.3, 0.4) is 0 Å². The molecule has 1 aliphatic heterocycles. The van der Waals surface area contributed by atoms with Gasteiger partial charge in [-0.05, 0) is 32.6 Å². The van der Waals surface area contributed by atoms with Crippen molar-refractivity contribution in [2.24, 2.45) is 5.92 Å². The van der Waals surface area contributed by atoms with Crippen LogP contribution >= 0.6 is 0 Å². The maximum absolute atomic E-state index is 6.25. The van der Waals surface area contributed by atoms with E-state index < -0.39 is 0 Å². The summed E-state index contributed by atoms with van der Waals surface area (Å²) in [5.74, 6) is 0.757. The van der Waals surface area contributed by atoms with E-state index in [-0.39, 0.29) is 5.60 Å². The van der Waals surface area contributed by atoms with Crippen LogP contribution in [0.15, 0.2) is 0 Å². The first kappa shape index (κ1) is 13.0. The number of ether oxygens (including phenoxy) is 1. The van der Waals surface area contributed by atoms with Gasteiger partial charge >= 0.3 is 0 Å². The fourth-order valence-corrected chi connectivity index (χ4v) is 2.30. The molecule has 2 heteroatoms. The smallest absolute Gasteiger partial charge is 0.0810 e. The van der Waals surface area contributed by atoms with E-state index in [9.17, 15) is 0 Å². The first-order valence-electron chi connectivity index (χ1n) is 6.44. The third kappa shape index (κ3) is 3.18. The molecule has 0 aromatic carbocycles. The minimum Gasteiger partial charge on any atom is -0.369 e. The lowest BCUT2D eigenvalue weighted by Gasteiger charge is -2.44. The highest BCUT2D eigenvalue weighted by atomic mass is 16.5. The molecule has 0 spiro atoms. The SMILES string of the molecule is CCC(C)CC1(CC)CNC(C)C(C)O1. The Morgan fingerprint density at radius 1 is 1.40 bits per heavy atom. The number of hydrogen-bond donors (Lipinski definition) is 1. The minimum absolute atomic E-state index is 0.0847. The third-order valence-corrected chi connectivity index (χ3v) is 3.95. The molecular weight excluding hydrogens is 186 g/mol. The molecule has 1 saturated heterocycles. The van der Waals surface area contributed by atoms with Crippen LogP contribution in [0, 0.1) is 5.92 Å². The van der Waals surface area contributed by atoms with Crippen molar-refractivity contribution in [1.29, 1.82) is 0 Å². The summed E-state index contributed by atoms with van der Waals surface area (Å²) in [6.45, 7) is 12.2. The normalized spacial score (nSPS) is 39.0. The predicted molar refractivity (Wildman–Crippen MR) is 65.1 cm³/mol. The van der Waals surface area contributed by atoms with E-state index in [1.807, 2.05) is 0 Å². The molecule has 1 N–H and O–H groups in total. The molecule has 2 nitrogen and oxygen atoms in total. The van der Waals surface area contributed by atoms with Crippen LogP contribution in [0.1, 0.15) is 53.9 Å². The Bertz CT molecular complexity index is 191. The quantitative estimate of drug-likeness (QED) is 0.775. The zero-order chi connectivity index (χ0) is 11.5. The maximum atomic E-state index is 6.25. The van der Waals surface area contributed by atoms with Gasteiger partial charge < -0.3 is 10.1 Å². The zero-order valence-electron chi connectivity index (χ0n) is 11.0. The van der Waals surface area contributed by atoms with Gasteiger partial charge in [0.15, 0.2) is 0 Å².